The molecule has 0 saturated carbocycles. The number of hydrogen-bond acceptors (Lipinski definition) is 8. The molecule has 0 amide bonds. The Morgan fingerprint density at radius 1 is 1.11 bits per heavy atom. The molecule has 1 N–H and O–H groups in total. The largest absolute Gasteiger partial charge is 0.467 e. The van der Waals surface area contributed by atoms with Crippen LogP contribution in [0.15, 0.2) is 87.3 Å². The molecule has 5 aromatic rings. The average molecular weight is 524 g/mol. The molecule has 3 heterocycles. The van der Waals surface area contributed by atoms with Gasteiger partial charge in [-0.1, -0.05) is 36.4 Å². The van der Waals surface area contributed by atoms with Gasteiger partial charge in [0, 0.05) is 30.7 Å². The van der Waals surface area contributed by atoms with Gasteiger partial charge in [-0.15, -0.1) is 11.3 Å². The van der Waals surface area contributed by atoms with Gasteiger partial charge in [0.1, 0.15) is 10.7 Å². The number of hydrogen-bond donors (Lipinski definition) is 1. The van der Waals surface area contributed by atoms with Crippen molar-refractivity contribution in [2.75, 3.05) is 19.5 Å². The van der Waals surface area contributed by atoms with Gasteiger partial charge in [-0.05, 0) is 42.8 Å². The molecule has 38 heavy (non-hydrogen) atoms. The Morgan fingerprint density at radius 2 is 1.87 bits per heavy atom. The highest BCUT2D eigenvalue weighted by atomic mass is 32.1. The van der Waals surface area contributed by atoms with E-state index in [1.165, 1.54) is 18.4 Å². The highest BCUT2D eigenvalue weighted by Gasteiger charge is 2.20. The van der Waals surface area contributed by atoms with Crippen molar-refractivity contribution in [3.63, 3.8) is 0 Å². The molecule has 2 aromatic carbocycles. The Hall–Kier alpha value is -4.70. The van der Waals surface area contributed by atoms with Crippen LogP contribution in [0.4, 0.5) is 5.00 Å². The minimum Gasteiger partial charge on any atom is -0.467 e. The van der Waals surface area contributed by atoms with Crippen molar-refractivity contribution < 1.29 is 4.74 Å². The summed E-state index contributed by atoms with van der Waals surface area (Å²) >= 11 is 1.46. The molecule has 0 aliphatic carbocycles. The van der Waals surface area contributed by atoms with Crippen molar-refractivity contribution in [1.82, 2.24) is 19.5 Å². The van der Waals surface area contributed by atoms with E-state index in [0.717, 1.165) is 21.6 Å². The van der Waals surface area contributed by atoms with E-state index < -0.39 is 6.04 Å². The molecule has 0 radical (unpaired) electrons. The van der Waals surface area contributed by atoms with Crippen LogP contribution in [0.2, 0.25) is 0 Å². The molecule has 0 bridgehead atoms. The number of rotatable bonds is 7. The van der Waals surface area contributed by atoms with Gasteiger partial charge in [-0.25, -0.2) is 19.9 Å². The lowest BCUT2D eigenvalue weighted by Crippen LogP contribution is -2.24. The monoisotopic (exact) mass is 523 g/mol. The highest BCUT2D eigenvalue weighted by Crippen LogP contribution is 2.30. The number of anilines is 1. The van der Waals surface area contributed by atoms with Gasteiger partial charge in [-0.3, -0.25) is 14.4 Å². The van der Waals surface area contributed by atoms with Crippen LogP contribution in [0.3, 0.4) is 0 Å². The third-order valence-corrected chi connectivity index (χ3v) is 6.96. The van der Waals surface area contributed by atoms with E-state index in [2.05, 4.69) is 32.0 Å². The van der Waals surface area contributed by atoms with Crippen LogP contribution in [0.1, 0.15) is 24.4 Å². The summed E-state index contributed by atoms with van der Waals surface area (Å²) in [6.07, 6.45) is 3.31. The molecule has 10 heteroatoms. The summed E-state index contributed by atoms with van der Waals surface area (Å²) in [6.45, 7) is 5.64. The second-order valence-corrected chi connectivity index (χ2v) is 9.20. The quantitative estimate of drug-likeness (QED) is 0.233. The average Bonchev–Trinajstić information content (AvgIpc) is 3.44. The molecular weight excluding hydrogens is 498 g/mol. The van der Waals surface area contributed by atoms with Crippen molar-refractivity contribution in [2.24, 2.45) is 9.98 Å². The topological polar surface area (TPSA) is 107 Å². The van der Waals surface area contributed by atoms with Crippen LogP contribution in [0, 0.1) is 0 Å². The second-order valence-electron chi connectivity index (χ2n) is 8.34. The Labute approximate surface area is 223 Å². The Bertz CT molecular complexity index is 1690. The van der Waals surface area contributed by atoms with Crippen molar-refractivity contribution in [2.45, 2.75) is 13.0 Å². The standard InChI is InChI=1S/C28H25N7O2S/c1-17(34-25(29-2)24-26(30-3)38-16-33-24)22-13-18-9-8-12-21(19-14-31-28(37-4)32-15-19)23(18)27(36)35(22)20-10-6-5-7-11-20/h5-17,30H,2H2,1,3-4H3/t17-/m0/s1. The molecule has 0 fully saturated rings. The lowest BCUT2D eigenvalue weighted by Gasteiger charge is -2.19. The number of nitrogens with zero attached hydrogens (tertiary/aromatic N) is 6. The van der Waals surface area contributed by atoms with Crippen molar-refractivity contribution in [3.05, 3.63) is 94.2 Å². The molecule has 190 valence electrons. The minimum absolute atomic E-state index is 0.171. The minimum atomic E-state index is -0.438. The molecule has 5 rings (SSSR count). The van der Waals surface area contributed by atoms with Crippen LogP contribution in [0.25, 0.3) is 27.6 Å². The summed E-state index contributed by atoms with van der Waals surface area (Å²) in [6, 6.07) is 17.1. The number of nitrogens with one attached hydrogen (secondary N) is 1. The molecule has 0 aliphatic heterocycles. The number of aliphatic imine (C=N–C) groups is 2. The van der Waals surface area contributed by atoms with Gasteiger partial charge in [0.15, 0.2) is 5.84 Å². The molecule has 3 aromatic heterocycles. The van der Waals surface area contributed by atoms with Crippen molar-refractivity contribution >= 4 is 39.7 Å². The third kappa shape index (κ3) is 4.57. The number of methoxy groups -OCH3 is 1. The third-order valence-electron chi connectivity index (χ3n) is 6.11. The molecule has 1 atom stereocenters. The number of aromatic nitrogens is 4. The molecule has 9 nitrogen and oxygen atoms in total. The summed E-state index contributed by atoms with van der Waals surface area (Å²) in [5, 5.41) is 5.30. The van der Waals surface area contributed by atoms with Gasteiger partial charge < -0.3 is 10.1 Å². The number of benzene rings is 2. The first-order valence-electron chi connectivity index (χ1n) is 11.8. The van der Waals surface area contributed by atoms with Gasteiger partial charge in [0.2, 0.25) is 0 Å². The fourth-order valence-corrected chi connectivity index (χ4v) is 4.98. The van der Waals surface area contributed by atoms with E-state index >= 15 is 0 Å². The van der Waals surface area contributed by atoms with E-state index in [1.54, 1.807) is 22.5 Å². The predicted octanol–water partition coefficient (Wildman–Crippen LogP) is 5.16. The van der Waals surface area contributed by atoms with Crippen LogP contribution in [0.5, 0.6) is 6.01 Å². The van der Waals surface area contributed by atoms with E-state index in [1.807, 2.05) is 68.6 Å². The Kier molecular flexibility index (Phi) is 7.05. The number of para-hydroxylation sites is 1. The number of fused-ring (bicyclic) bond motifs is 1. The molecule has 0 unspecified atom stereocenters. The first-order chi connectivity index (χ1) is 18.5. The van der Waals surface area contributed by atoms with Gasteiger partial charge in [0.05, 0.1) is 29.7 Å². The fourth-order valence-electron chi connectivity index (χ4n) is 4.34. The van der Waals surface area contributed by atoms with Crippen LogP contribution in [-0.2, 0) is 0 Å². The summed E-state index contributed by atoms with van der Waals surface area (Å²) in [5.74, 6) is 0.402. The molecule has 0 saturated heterocycles. The Morgan fingerprint density at radius 3 is 2.55 bits per heavy atom. The van der Waals surface area contributed by atoms with Crippen molar-refractivity contribution in [3.8, 4) is 22.8 Å². The van der Waals surface area contributed by atoms with Crippen LogP contribution >= 0.6 is 11.3 Å². The lowest BCUT2D eigenvalue weighted by molar-refractivity contribution is 0.380. The number of thiazole rings is 1. The zero-order chi connectivity index (χ0) is 26.6. The van der Waals surface area contributed by atoms with Gasteiger partial charge in [0.25, 0.3) is 5.56 Å². The fraction of sp³-hybridized carbons (Fsp3) is 0.143. The maximum absolute atomic E-state index is 14.2. The second kappa shape index (κ2) is 10.7. The van der Waals surface area contributed by atoms with Crippen LogP contribution in [-0.4, -0.2) is 46.2 Å². The first-order valence-corrected chi connectivity index (χ1v) is 12.7. The summed E-state index contributed by atoms with van der Waals surface area (Å²) < 4.78 is 6.80. The molecule has 0 aliphatic rings. The Balaban J connectivity index is 1.75. The SMILES string of the molecule is C=NC(=N[C@@H](C)c1cc2cccc(-c3cnc(OC)nc3)c2c(=O)n1-c1ccccc1)c1ncsc1NC. The van der Waals surface area contributed by atoms with Gasteiger partial charge >= 0.3 is 6.01 Å². The summed E-state index contributed by atoms with van der Waals surface area (Å²) in [7, 11) is 3.33. The van der Waals surface area contributed by atoms with Crippen molar-refractivity contribution in [1.29, 1.82) is 0 Å². The predicted molar refractivity (Wildman–Crippen MR) is 153 cm³/mol. The normalized spacial score (nSPS) is 12.3. The number of ether oxygens (including phenoxy) is 1. The lowest BCUT2D eigenvalue weighted by atomic mass is 9.99. The highest BCUT2D eigenvalue weighted by molar-refractivity contribution is 7.14. The smallest absolute Gasteiger partial charge is 0.316 e. The van der Waals surface area contributed by atoms with E-state index in [-0.39, 0.29) is 11.6 Å². The van der Waals surface area contributed by atoms with Crippen LogP contribution < -0.4 is 15.6 Å². The molecular formula is C28H25N7O2S. The maximum atomic E-state index is 14.2. The van der Waals surface area contributed by atoms with E-state index in [9.17, 15) is 4.79 Å². The maximum Gasteiger partial charge on any atom is 0.316 e. The summed E-state index contributed by atoms with van der Waals surface area (Å²) in [5.41, 5.74) is 5.07. The molecule has 0 spiro atoms. The van der Waals surface area contributed by atoms with E-state index in [4.69, 9.17) is 9.73 Å². The summed E-state index contributed by atoms with van der Waals surface area (Å²) in [4.78, 5) is 36.1. The van der Waals surface area contributed by atoms with Gasteiger partial charge in [-0.2, -0.15) is 0 Å². The zero-order valence-electron chi connectivity index (χ0n) is 21.1. The first kappa shape index (κ1) is 25.0. The number of amidine groups is 1. The zero-order valence-corrected chi connectivity index (χ0v) is 21.9. The van der Waals surface area contributed by atoms with E-state index in [0.29, 0.717) is 28.2 Å². The number of pyridine rings is 1.